The second-order valence-corrected chi connectivity index (χ2v) is 8.42. The second-order valence-electron chi connectivity index (χ2n) is 6.85. The molecule has 0 spiro atoms. The van der Waals surface area contributed by atoms with Gasteiger partial charge in [-0.3, -0.25) is 0 Å². The number of anilines is 1. The molecule has 0 saturated heterocycles. The molecule has 1 aliphatic heterocycles. The fourth-order valence-electron chi connectivity index (χ4n) is 3.21. The number of hydrogen-bond donors (Lipinski definition) is 1. The van der Waals surface area contributed by atoms with Crippen LogP contribution in [0.1, 0.15) is 23.6 Å². The lowest BCUT2D eigenvalue weighted by atomic mass is 10.1. The van der Waals surface area contributed by atoms with Crippen LogP contribution in [0.2, 0.25) is 0 Å². The Morgan fingerprint density at radius 3 is 2.50 bits per heavy atom. The van der Waals surface area contributed by atoms with Crippen LogP contribution in [-0.2, 0) is 16.6 Å². The maximum absolute atomic E-state index is 12.5. The van der Waals surface area contributed by atoms with Gasteiger partial charge in [-0.1, -0.05) is 36.4 Å². The third-order valence-electron chi connectivity index (χ3n) is 4.79. The zero-order chi connectivity index (χ0) is 21.1. The summed E-state index contributed by atoms with van der Waals surface area (Å²) in [5.74, 6) is 1.37. The zero-order valence-electron chi connectivity index (χ0n) is 16.8. The van der Waals surface area contributed by atoms with Crippen molar-refractivity contribution in [2.75, 3.05) is 11.9 Å². The molecule has 3 aromatic carbocycles. The number of fused-ring (bicyclic) bond motifs is 1. The quantitative estimate of drug-likeness (QED) is 0.631. The van der Waals surface area contributed by atoms with E-state index in [-0.39, 0.29) is 10.7 Å². The number of hydrogen-bond acceptors (Lipinski definition) is 5. The van der Waals surface area contributed by atoms with Crippen molar-refractivity contribution < 1.29 is 17.9 Å². The van der Waals surface area contributed by atoms with Gasteiger partial charge in [0.1, 0.15) is 11.5 Å². The first kappa shape index (κ1) is 20.0. The molecule has 7 heteroatoms. The maximum Gasteiger partial charge on any atom is 0.286 e. The molecule has 0 unspecified atom stereocenters. The molecule has 0 atom stereocenters. The number of ether oxygens (including phenoxy) is 2. The number of nitrogens with zero attached hydrogens (tertiary/aromatic N) is 1. The first-order chi connectivity index (χ1) is 14.5. The molecule has 4 rings (SSSR count). The van der Waals surface area contributed by atoms with Crippen LogP contribution in [0.5, 0.6) is 11.5 Å². The van der Waals surface area contributed by atoms with Crippen molar-refractivity contribution in [2.24, 2.45) is 4.40 Å². The van der Waals surface area contributed by atoms with Crippen molar-refractivity contribution in [3.63, 3.8) is 0 Å². The van der Waals surface area contributed by atoms with Crippen LogP contribution in [0.4, 0.5) is 5.69 Å². The summed E-state index contributed by atoms with van der Waals surface area (Å²) in [6.45, 7) is 4.78. The molecule has 1 N–H and O–H groups in total. The van der Waals surface area contributed by atoms with E-state index in [0.29, 0.717) is 36.0 Å². The van der Waals surface area contributed by atoms with Crippen LogP contribution in [0.25, 0.3) is 0 Å². The van der Waals surface area contributed by atoms with Crippen molar-refractivity contribution in [1.29, 1.82) is 0 Å². The Labute approximate surface area is 176 Å². The minimum atomic E-state index is -3.77. The van der Waals surface area contributed by atoms with Gasteiger partial charge >= 0.3 is 0 Å². The van der Waals surface area contributed by atoms with E-state index in [4.69, 9.17) is 9.47 Å². The molecule has 30 heavy (non-hydrogen) atoms. The lowest BCUT2D eigenvalue weighted by Gasteiger charge is -2.19. The van der Waals surface area contributed by atoms with E-state index in [2.05, 4.69) is 9.71 Å². The molecule has 1 heterocycles. The van der Waals surface area contributed by atoms with Crippen molar-refractivity contribution in [1.82, 2.24) is 0 Å². The number of nitrogens with one attached hydrogen (secondary N) is 1. The van der Waals surface area contributed by atoms with E-state index < -0.39 is 10.0 Å². The largest absolute Gasteiger partial charge is 0.490 e. The summed E-state index contributed by atoms with van der Waals surface area (Å²) >= 11 is 0. The molecule has 1 aliphatic rings. The molecule has 6 nitrogen and oxygen atoms in total. The van der Waals surface area contributed by atoms with Gasteiger partial charge in [0.15, 0.2) is 17.3 Å². The monoisotopic (exact) mass is 422 g/mol. The van der Waals surface area contributed by atoms with Gasteiger partial charge in [-0.25, -0.2) is 0 Å². The Morgan fingerprint density at radius 2 is 1.70 bits per heavy atom. The van der Waals surface area contributed by atoms with Gasteiger partial charge in [-0.15, -0.1) is 4.40 Å². The maximum atomic E-state index is 12.5. The third-order valence-corrected chi connectivity index (χ3v) is 6.13. The van der Waals surface area contributed by atoms with Crippen LogP contribution in [0, 0.1) is 6.92 Å². The van der Waals surface area contributed by atoms with E-state index in [0.717, 1.165) is 11.1 Å². The fraction of sp³-hybridized carbons (Fsp3) is 0.174. The number of aryl methyl sites for hydroxylation is 1. The Bertz CT molecular complexity index is 1220. The second kappa shape index (κ2) is 8.20. The highest BCUT2D eigenvalue weighted by Crippen LogP contribution is 2.32. The van der Waals surface area contributed by atoms with Gasteiger partial charge in [0, 0.05) is 5.56 Å². The van der Waals surface area contributed by atoms with Crippen LogP contribution in [0.15, 0.2) is 76.0 Å². The highest BCUT2D eigenvalue weighted by Gasteiger charge is 2.25. The summed E-state index contributed by atoms with van der Waals surface area (Å²) in [6, 6.07) is 20.0. The smallest absolute Gasteiger partial charge is 0.286 e. The molecular formula is C23H22N2O4S. The van der Waals surface area contributed by atoms with Crippen molar-refractivity contribution in [2.45, 2.75) is 25.3 Å². The Morgan fingerprint density at radius 1 is 0.933 bits per heavy atom. The topological polar surface area (TPSA) is 77.0 Å². The number of rotatable bonds is 6. The number of sulfonamides is 1. The van der Waals surface area contributed by atoms with Crippen LogP contribution in [-0.4, -0.2) is 20.9 Å². The van der Waals surface area contributed by atoms with Crippen molar-refractivity contribution >= 4 is 21.5 Å². The van der Waals surface area contributed by atoms with Gasteiger partial charge in [0.05, 0.1) is 12.3 Å². The summed E-state index contributed by atoms with van der Waals surface area (Å²) in [5, 5.41) is 3.10. The number of amidine groups is 1. The fourth-order valence-corrected chi connectivity index (χ4v) is 4.35. The Kier molecular flexibility index (Phi) is 5.46. The van der Waals surface area contributed by atoms with Crippen molar-refractivity contribution in [3.05, 3.63) is 83.4 Å². The molecule has 0 saturated carbocycles. The lowest BCUT2D eigenvalue weighted by molar-refractivity contribution is 0.269. The summed E-state index contributed by atoms with van der Waals surface area (Å²) in [5.41, 5.74) is 3.34. The van der Waals surface area contributed by atoms with Crippen LogP contribution < -0.4 is 14.8 Å². The summed E-state index contributed by atoms with van der Waals surface area (Å²) in [6.07, 6.45) is 0. The molecule has 154 valence electrons. The van der Waals surface area contributed by atoms with E-state index in [1.807, 2.05) is 38.1 Å². The Hall–Kier alpha value is -3.32. The molecule has 0 radical (unpaired) electrons. The molecule has 0 aliphatic carbocycles. The third kappa shape index (κ3) is 4.02. The van der Waals surface area contributed by atoms with E-state index in [9.17, 15) is 8.42 Å². The minimum Gasteiger partial charge on any atom is -0.490 e. The molecule has 0 fully saturated rings. The predicted molar refractivity (Wildman–Crippen MR) is 117 cm³/mol. The Balaban J connectivity index is 1.64. The number of para-hydroxylation sites is 1. The lowest BCUT2D eigenvalue weighted by Crippen LogP contribution is -2.22. The molecular weight excluding hydrogens is 400 g/mol. The predicted octanol–water partition coefficient (Wildman–Crippen LogP) is 4.53. The van der Waals surface area contributed by atoms with Gasteiger partial charge in [-0.05, 0) is 55.3 Å². The standard InChI is InChI=1S/C23H22N2O4S/c1-3-28-21-14-17(12-13-20(21)29-15-18-9-5-4-8-16(18)2)23-24-19-10-6-7-11-22(19)30(26,27)25-23/h4-14H,3,15H2,1-2H3,(H,24,25). The van der Waals surface area contributed by atoms with E-state index >= 15 is 0 Å². The zero-order valence-corrected chi connectivity index (χ0v) is 17.6. The number of benzene rings is 3. The van der Waals surface area contributed by atoms with E-state index in [1.165, 1.54) is 6.07 Å². The minimum absolute atomic E-state index is 0.164. The average Bonchev–Trinajstić information content (AvgIpc) is 2.73. The molecule has 3 aromatic rings. The average molecular weight is 423 g/mol. The first-order valence-corrected chi connectivity index (χ1v) is 11.1. The normalized spacial score (nSPS) is 14.3. The molecule has 0 bridgehead atoms. The first-order valence-electron chi connectivity index (χ1n) is 9.63. The van der Waals surface area contributed by atoms with Gasteiger partial charge in [0.2, 0.25) is 0 Å². The highest BCUT2D eigenvalue weighted by molar-refractivity contribution is 7.90. The van der Waals surface area contributed by atoms with Crippen LogP contribution >= 0.6 is 0 Å². The van der Waals surface area contributed by atoms with Gasteiger partial charge in [-0.2, -0.15) is 8.42 Å². The summed E-state index contributed by atoms with van der Waals surface area (Å²) < 4.78 is 40.8. The summed E-state index contributed by atoms with van der Waals surface area (Å²) in [7, 11) is -3.77. The van der Waals surface area contributed by atoms with Crippen molar-refractivity contribution in [3.8, 4) is 11.5 Å². The summed E-state index contributed by atoms with van der Waals surface area (Å²) in [4.78, 5) is 0.164. The highest BCUT2D eigenvalue weighted by atomic mass is 32.2. The molecule has 0 amide bonds. The van der Waals surface area contributed by atoms with Crippen LogP contribution in [0.3, 0.4) is 0 Å². The van der Waals surface area contributed by atoms with E-state index in [1.54, 1.807) is 36.4 Å². The van der Waals surface area contributed by atoms with Gasteiger partial charge in [0.25, 0.3) is 10.0 Å². The van der Waals surface area contributed by atoms with Gasteiger partial charge < -0.3 is 14.8 Å². The molecule has 0 aromatic heterocycles. The SMILES string of the molecule is CCOc1cc(C2=NS(=O)(=O)c3ccccc3N2)ccc1OCc1ccccc1C.